The summed E-state index contributed by atoms with van der Waals surface area (Å²) in [4.78, 5) is 0. The van der Waals surface area contributed by atoms with Crippen molar-refractivity contribution in [3.8, 4) is 11.5 Å². The summed E-state index contributed by atoms with van der Waals surface area (Å²) in [6.07, 6.45) is 1.78. The van der Waals surface area contributed by atoms with Crippen molar-refractivity contribution < 1.29 is 9.13 Å². The second-order valence-corrected chi connectivity index (χ2v) is 5.03. The minimum absolute atomic E-state index is 0.165. The van der Waals surface area contributed by atoms with Crippen LogP contribution in [-0.2, 0) is 6.42 Å². The molecule has 0 bridgehead atoms. The maximum Gasteiger partial charge on any atom is 0.127 e. The zero-order valence-electron chi connectivity index (χ0n) is 11.9. The van der Waals surface area contributed by atoms with Crippen molar-refractivity contribution in [1.29, 1.82) is 0 Å². The summed E-state index contributed by atoms with van der Waals surface area (Å²) in [5, 5.41) is 0. The average molecular weight is 273 g/mol. The molecule has 1 unspecified atom stereocenters. The number of benzene rings is 2. The molecule has 2 nitrogen and oxygen atoms in total. The average Bonchev–Trinajstić information content (AvgIpc) is 2.43. The molecule has 0 aliphatic rings. The van der Waals surface area contributed by atoms with Crippen LogP contribution in [0.1, 0.15) is 24.5 Å². The van der Waals surface area contributed by atoms with Crippen LogP contribution < -0.4 is 10.5 Å². The lowest BCUT2D eigenvalue weighted by atomic mass is 10.0. The molecule has 0 saturated heterocycles. The number of aryl methyl sites for hydroxylation is 1. The summed E-state index contributed by atoms with van der Waals surface area (Å²) in [6.45, 7) is 3.80. The Morgan fingerprint density at radius 2 is 1.90 bits per heavy atom. The van der Waals surface area contributed by atoms with E-state index in [2.05, 4.69) is 6.92 Å². The highest BCUT2D eigenvalue weighted by Crippen LogP contribution is 2.24. The van der Waals surface area contributed by atoms with Crippen LogP contribution in [0.5, 0.6) is 11.5 Å². The van der Waals surface area contributed by atoms with Gasteiger partial charge < -0.3 is 10.5 Å². The van der Waals surface area contributed by atoms with Crippen molar-refractivity contribution in [1.82, 2.24) is 0 Å². The van der Waals surface area contributed by atoms with E-state index in [1.807, 2.05) is 24.3 Å². The number of rotatable bonds is 5. The third kappa shape index (κ3) is 3.81. The number of halogens is 1. The van der Waals surface area contributed by atoms with Gasteiger partial charge in [-0.25, -0.2) is 4.39 Å². The Hall–Kier alpha value is -1.87. The fraction of sp³-hybridized carbons (Fsp3) is 0.294. The monoisotopic (exact) mass is 273 g/mol. The van der Waals surface area contributed by atoms with Crippen molar-refractivity contribution >= 4 is 0 Å². The maximum atomic E-state index is 13.2. The van der Waals surface area contributed by atoms with Crippen molar-refractivity contribution in [3.63, 3.8) is 0 Å². The van der Waals surface area contributed by atoms with Crippen LogP contribution in [0.2, 0.25) is 0 Å². The molecule has 0 fully saturated rings. The molecule has 0 heterocycles. The minimum Gasteiger partial charge on any atom is -0.457 e. The number of hydrogen-bond acceptors (Lipinski definition) is 2. The van der Waals surface area contributed by atoms with Gasteiger partial charge in [-0.2, -0.15) is 0 Å². The van der Waals surface area contributed by atoms with Crippen molar-refractivity contribution in [3.05, 3.63) is 59.4 Å². The smallest absolute Gasteiger partial charge is 0.127 e. The third-order valence-corrected chi connectivity index (χ3v) is 3.29. The molecule has 0 aromatic heterocycles. The van der Waals surface area contributed by atoms with Gasteiger partial charge in [-0.15, -0.1) is 0 Å². The van der Waals surface area contributed by atoms with Gasteiger partial charge in [-0.05, 0) is 61.2 Å². The number of ether oxygens (including phenoxy) is 1. The summed E-state index contributed by atoms with van der Waals surface area (Å²) in [7, 11) is 0. The molecule has 0 amide bonds. The minimum atomic E-state index is -0.222. The second-order valence-electron chi connectivity index (χ2n) is 5.03. The van der Waals surface area contributed by atoms with E-state index < -0.39 is 0 Å². The highest BCUT2D eigenvalue weighted by Gasteiger charge is 2.05. The van der Waals surface area contributed by atoms with E-state index in [4.69, 9.17) is 10.5 Å². The fourth-order valence-electron chi connectivity index (χ4n) is 2.00. The largest absolute Gasteiger partial charge is 0.457 e. The molecule has 20 heavy (non-hydrogen) atoms. The Kier molecular flexibility index (Phi) is 4.74. The highest BCUT2D eigenvalue weighted by molar-refractivity contribution is 5.36. The molecule has 2 aromatic rings. The van der Waals surface area contributed by atoms with Crippen LogP contribution in [0.15, 0.2) is 42.5 Å². The van der Waals surface area contributed by atoms with E-state index in [-0.39, 0.29) is 11.9 Å². The maximum absolute atomic E-state index is 13.2. The lowest BCUT2D eigenvalue weighted by Crippen LogP contribution is -2.21. The lowest BCUT2D eigenvalue weighted by molar-refractivity contribution is 0.478. The molecule has 2 aromatic carbocycles. The third-order valence-electron chi connectivity index (χ3n) is 3.29. The first kappa shape index (κ1) is 14.5. The predicted molar refractivity (Wildman–Crippen MR) is 79.6 cm³/mol. The molecule has 2 N–H and O–H groups in total. The molecular formula is C17H20FNO. The van der Waals surface area contributed by atoms with Gasteiger partial charge in [0.2, 0.25) is 0 Å². The van der Waals surface area contributed by atoms with Gasteiger partial charge in [0.15, 0.2) is 0 Å². The van der Waals surface area contributed by atoms with Crippen LogP contribution in [0.3, 0.4) is 0 Å². The SMILES string of the molecule is CCC(N)Cc1cccc(Oc2ccc(F)c(C)c2)c1. The molecule has 0 aliphatic carbocycles. The molecule has 106 valence electrons. The van der Waals surface area contributed by atoms with Crippen LogP contribution in [0, 0.1) is 12.7 Å². The second kappa shape index (κ2) is 6.53. The summed E-state index contributed by atoms with van der Waals surface area (Å²) in [5.74, 6) is 1.16. The van der Waals surface area contributed by atoms with Gasteiger partial charge in [-0.3, -0.25) is 0 Å². The summed E-state index contributed by atoms with van der Waals surface area (Å²) < 4.78 is 19.0. The Morgan fingerprint density at radius 1 is 1.15 bits per heavy atom. The molecule has 0 spiro atoms. The Balaban J connectivity index is 2.12. The number of nitrogens with two attached hydrogens (primary N) is 1. The first-order chi connectivity index (χ1) is 9.58. The molecule has 0 saturated carbocycles. The van der Waals surface area contributed by atoms with Gasteiger partial charge in [0.25, 0.3) is 0 Å². The van der Waals surface area contributed by atoms with E-state index in [0.717, 1.165) is 24.2 Å². The molecule has 3 heteroatoms. The van der Waals surface area contributed by atoms with Crippen molar-refractivity contribution in [2.24, 2.45) is 5.73 Å². The van der Waals surface area contributed by atoms with E-state index in [9.17, 15) is 4.39 Å². The summed E-state index contributed by atoms with van der Waals surface area (Å²) in [5.41, 5.74) is 7.69. The normalized spacial score (nSPS) is 12.2. The van der Waals surface area contributed by atoms with Gasteiger partial charge in [0, 0.05) is 6.04 Å². The summed E-state index contributed by atoms with van der Waals surface area (Å²) >= 11 is 0. The molecule has 0 radical (unpaired) electrons. The van der Waals surface area contributed by atoms with Crippen molar-refractivity contribution in [2.45, 2.75) is 32.7 Å². The van der Waals surface area contributed by atoms with Gasteiger partial charge in [-0.1, -0.05) is 19.1 Å². The van der Waals surface area contributed by atoms with Gasteiger partial charge in [0.05, 0.1) is 0 Å². The zero-order chi connectivity index (χ0) is 14.5. The van der Waals surface area contributed by atoms with Gasteiger partial charge >= 0.3 is 0 Å². The fourth-order valence-corrected chi connectivity index (χ4v) is 2.00. The van der Waals surface area contributed by atoms with Crippen molar-refractivity contribution in [2.75, 3.05) is 0 Å². The zero-order valence-corrected chi connectivity index (χ0v) is 11.9. The summed E-state index contributed by atoms with van der Waals surface area (Å²) in [6, 6.07) is 12.8. The lowest BCUT2D eigenvalue weighted by Gasteiger charge is -2.11. The first-order valence-corrected chi connectivity index (χ1v) is 6.87. The quantitative estimate of drug-likeness (QED) is 0.885. The van der Waals surface area contributed by atoms with Crippen LogP contribution in [0.25, 0.3) is 0 Å². The van der Waals surface area contributed by atoms with Crippen LogP contribution in [-0.4, -0.2) is 6.04 Å². The van der Waals surface area contributed by atoms with Crippen LogP contribution in [0.4, 0.5) is 4.39 Å². The van der Waals surface area contributed by atoms with Crippen LogP contribution >= 0.6 is 0 Å². The molecule has 2 rings (SSSR count). The van der Waals surface area contributed by atoms with E-state index in [1.165, 1.54) is 6.07 Å². The van der Waals surface area contributed by atoms with E-state index in [1.54, 1.807) is 19.1 Å². The Bertz CT molecular complexity index is 583. The standard InChI is InChI=1S/C17H20FNO/c1-3-14(19)10-13-5-4-6-15(11-13)20-16-7-8-17(18)12(2)9-16/h4-9,11,14H,3,10,19H2,1-2H3. The first-order valence-electron chi connectivity index (χ1n) is 6.87. The van der Waals surface area contributed by atoms with E-state index in [0.29, 0.717) is 11.3 Å². The Morgan fingerprint density at radius 3 is 2.60 bits per heavy atom. The highest BCUT2D eigenvalue weighted by atomic mass is 19.1. The Labute approximate surface area is 119 Å². The molecule has 0 aliphatic heterocycles. The predicted octanol–water partition coefficient (Wildman–Crippen LogP) is 4.21. The topological polar surface area (TPSA) is 35.2 Å². The molecule has 1 atom stereocenters. The van der Waals surface area contributed by atoms with Gasteiger partial charge in [0.1, 0.15) is 17.3 Å². The van der Waals surface area contributed by atoms with E-state index >= 15 is 0 Å². The number of hydrogen-bond donors (Lipinski definition) is 1. The molecular weight excluding hydrogens is 253 g/mol.